The SMILES string of the molecule is Cl.Cl.O=C(Nc1cnc2n1CCCC2)C1CCCN1C1CCNCC1. The molecule has 0 aliphatic carbocycles. The number of aromatic nitrogens is 2. The van der Waals surface area contributed by atoms with E-state index in [1.54, 1.807) is 0 Å². The molecule has 1 amide bonds. The van der Waals surface area contributed by atoms with Crippen molar-refractivity contribution in [3.8, 4) is 0 Å². The number of piperidine rings is 1. The molecule has 0 radical (unpaired) electrons. The molecule has 3 aliphatic rings. The Kier molecular flexibility index (Phi) is 7.55. The zero-order valence-corrected chi connectivity index (χ0v) is 16.2. The van der Waals surface area contributed by atoms with Crippen molar-refractivity contribution in [1.82, 2.24) is 19.8 Å². The van der Waals surface area contributed by atoms with E-state index in [1.807, 2.05) is 6.20 Å². The quantitative estimate of drug-likeness (QED) is 0.831. The van der Waals surface area contributed by atoms with Gasteiger partial charge in [0, 0.05) is 19.0 Å². The third-order valence-electron chi connectivity index (χ3n) is 5.60. The van der Waals surface area contributed by atoms with Crippen molar-refractivity contribution < 1.29 is 4.79 Å². The predicted octanol–water partition coefficient (Wildman–Crippen LogP) is 2.22. The van der Waals surface area contributed by atoms with Gasteiger partial charge in [0.25, 0.3) is 0 Å². The number of amides is 1. The topological polar surface area (TPSA) is 62.2 Å². The van der Waals surface area contributed by atoms with E-state index >= 15 is 0 Å². The van der Waals surface area contributed by atoms with E-state index in [9.17, 15) is 4.79 Å². The molecule has 142 valence electrons. The summed E-state index contributed by atoms with van der Waals surface area (Å²) in [6, 6.07) is 0.599. The van der Waals surface area contributed by atoms with Crippen molar-refractivity contribution in [1.29, 1.82) is 0 Å². The highest BCUT2D eigenvalue weighted by Gasteiger charge is 2.36. The Balaban J connectivity index is 0.00000113. The highest BCUT2D eigenvalue weighted by Crippen LogP contribution is 2.26. The molecule has 3 aliphatic heterocycles. The highest BCUT2D eigenvalue weighted by atomic mass is 35.5. The van der Waals surface area contributed by atoms with Gasteiger partial charge >= 0.3 is 0 Å². The van der Waals surface area contributed by atoms with Crippen LogP contribution in [0.25, 0.3) is 0 Å². The maximum atomic E-state index is 12.8. The number of imidazole rings is 1. The van der Waals surface area contributed by atoms with Gasteiger partial charge in [0.2, 0.25) is 5.91 Å². The van der Waals surface area contributed by atoms with Crippen LogP contribution in [0.4, 0.5) is 5.82 Å². The molecule has 0 saturated carbocycles. The minimum Gasteiger partial charge on any atom is -0.317 e. The number of rotatable bonds is 3. The summed E-state index contributed by atoms with van der Waals surface area (Å²) in [5.41, 5.74) is 0. The Morgan fingerprint density at radius 1 is 1.12 bits per heavy atom. The molecular formula is C17H29Cl2N5O. The molecule has 1 aromatic rings. The van der Waals surface area contributed by atoms with E-state index in [0.29, 0.717) is 6.04 Å². The number of aryl methyl sites for hydroxylation is 1. The molecule has 4 rings (SSSR count). The van der Waals surface area contributed by atoms with E-state index in [4.69, 9.17) is 0 Å². The zero-order chi connectivity index (χ0) is 15.6. The van der Waals surface area contributed by atoms with Crippen LogP contribution < -0.4 is 10.6 Å². The van der Waals surface area contributed by atoms with Crippen LogP contribution in [0.5, 0.6) is 0 Å². The predicted molar refractivity (Wildman–Crippen MR) is 104 cm³/mol. The Hall–Kier alpha value is -0.820. The minimum absolute atomic E-state index is 0. The van der Waals surface area contributed by atoms with E-state index in [2.05, 4.69) is 25.1 Å². The lowest BCUT2D eigenvalue weighted by molar-refractivity contribution is -0.121. The first-order chi connectivity index (χ1) is 11.3. The van der Waals surface area contributed by atoms with Crippen LogP contribution in [-0.2, 0) is 17.8 Å². The Morgan fingerprint density at radius 3 is 2.72 bits per heavy atom. The van der Waals surface area contributed by atoms with Crippen LogP contribution in [0.3, 0.4) is 0 Å². The number of anilines is 1. The first-order valence-corrected chi connectivity index (χ1v) is 9.14. The summed E-state index contributed by atoms with van der Waals surface area (Å²) in [5.74, 6) is 2.17. The van der Waals surface area contributed by atoms with Crippen LogP contribution in [0.15, 0.2) is 6.20 Å². The molecule has 2 saturated heterocycles. The number of nitrogens with one attached hydrogen (secondary N) is 2. The Bertz CT molecular complexity index is 573. The minimum atomic E-state index is 0. The number of hydrogen-bond donors (Lipinski definition) is 2. The molecule has 2 N–H and O–H groups in total. The fourth-order valence-corrected chi connectivity index (χ4v) is 4.37. The van der Waals surface area contributed by atoms with Gasteiger partial charge in [0.15, 0.2) is 0 Å². The lowest BCUT2D eigenvalue weighted by atomic mass is 10.0. The van der Waals surface area contributed by atoms with Crippen molar-refractivity contribution >= 4 is 36.5 Å². The summed E-state index contributed by atoms with van der Waals surface area (Å²) in [6.45, 7) is 4.19. The van der Waals surface area contributed by atoms with E-state index in [-0.39, 0.29) is 36.8 Å². The molecule has 25 heavy (non-hydrogen) atoms. The zero-order valence-electron chi connectivity index (χ0n) is 14.6. The lowest BCUT2D eigenvalue weighted by Gasteiger charge is -2.35. The van der Waals surface area contributed by atoms with Crippen molar-refractivity contribution in [3.63, 3.8) is 0 Å². The molecule has 0 aromatic carbocycles. The first kappa shape index (κ1) is 20.5. The number of hydrogen-bond acceptors (Lipinski definition) is 4. The van der Waals surface area contributed by atoms with Gasteiger partial charge in [-0.1, -0.05) is 0 Å². The third kappa shape index (κ3) is 4.30. The number of likely N-dealkylation sites (tertiary alicyclic amines) is 1. The summed E-state index contributed by atoms with van der Waals surface area (Å²) >= 11 is 0. The standard InChI is InChI=1S/C17H27N5O.2ClH/c23-17(20-16-12-19-15-5-1-2-10-22(15)16)14-4-3-11-21(14)13-6-8-18-9-7-13;;/h12-14,18H,1-11H2,(H,20,23);2*1H. The van der Waals surface area contributed by atoms with Gasteiger partial charge in [-0.05, 0) is 58.2 Å². The average Bonchev–Trinajstić information content (AvgIpc) is 3.23. The number of halogens is 2. The molecule has 2 fully saturated rings. The maximum Gasteiger partial charge on any atom is 0.242 e. The van der Waals surface area contributed by atoms with Gasteiger partial charge in [-0.25, -0.2) is 4.98 Å². The number of carbonyl (C=O) groups is 1. The van der Waals surface area contributed by atoms with E-state index in [1.165, 1.54) is 12.8 Å². The third-order valence-corrected chi connectivity index (χ3v) is 5.60. The van der Waals surface area contributed by atoms with E-state index in [0.717, 1.165) is 69.9 Å². The first-order valence-electron chi connectivity index (χ1n) is 9.14. The van der Waals surface area contributed by atoms with Crippen molar-refractivity contribution in [2.45, 2.75) is 63.6 Å². The Labute approximate surface area is 161 Å². The highest BCUT2D eigenvalue weighted by molar-refractivity contribution is 5.94. The van der Waals surface area contributed by atoms with Gasteiger partial charge < -0.3 is 15.2 Å². The van der Waals surface area contributed by atoms with Crippen molar-refractivity contribution in [2.75, 3.05) is 25.0 Å². The smallest absolute Gasteiger partial charge is 0.242 e. The molecule has 1 atom stereocenters. The van der Waals surface area contributed by atoms with Crippen molar-refractivity contribution in [3.05, 3.63) is 12.0 Å². The molecule has 8 heteroatoms. The van der Waals surface area contributed by atoms with Crippen LogP contribution >= 0.6 is 24.8 Å². The maximum absolute atomic E-state index is 12.8. The number of nitrogens with zero attached hydrogens (tertiary/aromatic N) is 3. The second-order valence-electron chi connectivity index (χ2n) is 7.03. The van der Waals surface area contributed by atoms with Crippen LogP contribution in [-0.4, -0.2) is 52.1 Å². The van der Waals surface area contributed by atoms with Crippen LogP contribution in [0.2, 0.25) is 0 Å². The summed E-state index contributed by atoms with van der Waals surface area (Å²) < 4.78 is 2.19. The fraction of sp³-hybridized carbons (Fsp3) is 0.765. The van der Waals surface area contributed by atoms with Gasteiger partial charge in [-0.15, -0.1) is 24.8 Å². The molecule has 4 heterocycles. The normalized spacial score (nSPS) is 24.1. The van der Waals surface area contributed by atoms with Crippen LogP contribution in [0, 0.1) is 0 Å². The summed E-state index contributed by atoms with van der Waals surface area (Å²) in [7, 11) is 0. The number of fused-ring (bicyclic) bond motifs is 1. The largest absolute Gasteiger partial charge is 0.317 e. The van der Waals surface area contributed by atoms with Crippen molar-refractivity contribution in [2.24, 2.45) is 0 Å². The summed E-state index contributed by atoms with van der Waals surface area (Å²) in [4.78, 5) is 19.8. The summed E-state index contributed by atoms with van der Waals surface area (Å²) in [6.07, 6.45) is 9.68. The molecule has 0 bridgehead atoms. The average molecular weight is 390 g/mol. The molecule has 1 aromatic heterocycles. The van der Waals surface area contributed by atoms with Gasteiger partial charge in [-0.3, -0.25) is 9.69 Å². The molecular weight excluding hydrogens is 361 g/mol. The molecule has 1 unspecified atom stereocenters. The van der Waals surface area contributed by atoms with Gasteiger partial charge in [0.1, 0.15) is 11.6 Å². The van der Waals surface area contributed by atoms with E-state index < -0.39 is 0 Å². The van der Waals surface area contributed by atoms with Crippen LogP contribution in [0.1, 0.15) is 44.3 Å². The van der Waals surface area contributed by atoms with Gasteiger partial charge in [0.05, 0.1) is 12.2 Å². The summed E-state index contributed by atoms with van der Waals surface area (Å²) in [5, 5.41) is 6.58. The monoisotopic (exact) mass is 389 g/mol. The second-order valence-corrected chi connectivity index (χ2v) is 7.03. The number of carbonyl (C=O) groups excluding carboxylic acids is 1. The second kappa shape index (κ2) is 9.21. The molecule has 0 spiro atoms. The molecule has 6 nitrogen and oxygen atoms in total. The fourth-order valence-electron chi connectivity index (χ4n) is 4.37. The van der Waals surface area contributed by atoms with Gasteiger partial charge in [-0.2, -0.15) is 0 Å². The Morgan fingerprint density at radius 2 is 1.92 bits per heavy atom. The lowest BCUT2D eigenvalue weighted by Crippen LogP contribution is -2.49.